The van der Waals surface area contributed by atoms with Crippen LogP contribution in [0.25, 0.3) is 0 Å². The number of hydrogen-bond donors (Lipinski definition) is 0. The highest BCUT2D eigenvalue weighted by atomic mass is 35.5. The van der Waals surface area contributed by atoms with Gasteiger partial charge in [0.2, 0.25) is 6.29 Å². The van der Waals surface area contributed by atoms with E-state index < -0.39 is 42.5 Å². The van der Waals surface area contributed by atoms with E-state index in [1.807, 2.05) is 0 Å². The van der Waals surface area contributed by atoms with Crippen LogP contribution in [-0.4, -0.2) is 49.1 Å². The van der Waals surface area contributed by atoms with Crippen LogP contribution in [0.4, 0.5) is 0 Å². The molecule has 0 aromatic carbocycles. The molecule has 1 heterocycles. The molecule has 1 rings (SSSR count). The Labute approximate surface area is 120 Å². The second-order valence-electron chi connectivity index (χ2n) is 4.08. The Kier molecular flexibility index (Phi) is 6.18. The Morgan fingerprint density at radius 2 is 1.55 bits per heavy atom. The van der Waals surface area contributed by atoms with Crippen molar-refractivity contribution in [3.05, 3.63) is 0 Å². The quantitative estimate of drug-likeness (QED) is 0.528. The predicted molar refractivity (Wildman–Crippen MR) is 63.3 cm³/mol. The zero-order valence-corrected chi connectivity index (χ0v) is 11.9. The zero-order chi connectivity index (χ0) is 15.3. The third-order valence-corrected chi connectivity index (χ3v) is 2.59. The number of halogens is 1. The molecule has 1 aliphatic heterocycles. The standard InChI is InChI=1S/C11H15ClO8/c1-5(13)16-4-8-9(17-6(2)14)10(18-7(3)15)11(19-8)20-12/h8-11H,4H2,1-3H3/t8-,9-,10-,11?/m1/s1. The van der Waals surface area contributed by atoms with E-state index in [-0.39, 0.29) is 6.61 Å². The molecular weight excluding hydrogens is 296 g/mol. The second kappa shape index (κ2) is 7.41. The van der Waals surface area contributed by atoms with Crippen molar-refractivity contribution in [2.75, 3.05) is 6.61 Å². The van der Waals surface area contributed by atoms with Crippen LogP contribution in [0.15, 0.2) is 0 Å². The Morgan fingerprint density at radius 3 is 2.00 bits per heavy atom. The number of hydrogen-bond acceptors (Lipinski definition) is 8. The lowest BCUT2D eigenvalue weighted by molar-refractivity contribution is -0.170. The smallest absolute Gasteiger partial charge is 0.303 e. The Morgan fingerprint density at radius 1 is 1.00 bits per heavy atom. The minimum Gasteiger partial charge on any atom is -0.463 e. The summed E-state index contributed by atoms with van der Waals surface area (Å²) < 4.78 is 24.6. The summed E-state index contributed by atoms with van der Waals surface area (Å²) in [4.78, 5) is 33.0. The summed E-state index contributed by atoms with van der Waals surface area (Å²) in [6.45, 7) is 3.38. The van der Waals surface area contributed by atoms with Crippen LogP contribution in [0, 0.1) is 0 Å². The molecule has 9 heteroatoms. The summed E-state index contributed by atoms with van der Waals surface area (Å²) in [7, 11) is 0. The summed E-state index contributed by atoms with van der Waals surface area (Å²) in [5.74, 6) is -1.77. The molecule has 0 amide bonds. The molecule has 0 aliphatic carbocycles. The molecule has 20 heavy (non-hydrogen) atoms. The third-order valence-electron chi connectivity index (χ3n) is 2.41. The van der Waals surface area contributed by atoms with E-state index in [2.05, 4.69) is 4.29 Å². The summed E-state index contributed by atoms with van der Waals surface area (Å²) in [5, 5.41) is 0. The maximum atomic E-state index is 11.1. The molecule has 0 radical (unpaired) electrons. The van der Waals surface area contributed by atoms with Crippen molar-refractivity contribution in [3.8, 4) is 0 Å². The molecule has 8 nitrogen and oxygen atoms in total. The summed E-state index contributed by atoms with van der Waals surface area (Å²) in [6, 6.07) is 0. The average Bonchev–Trinajstić information content (AvgIpc) is 2.63. The summed E-state index contributed by atoms with van der Waals surface area (Å²) in [5.41, 5.74) is 0. The number of carbonyl (C=O) groups is 3. The molecule has 1 fully saturated rings. The lowest BCUT2D eigenvalue weighted by Gasteiger charge is -2.22. The average molecular weight is 311 g/mol. The van der Waals surface area contributed by atoms with Gasteiger partial charge < -0.3 is 18.9 Å². The molecule has 0 aromatic heterocycles. The van der Waals surface area contributed by atoms with Gasteiger partial charge in [0, 0.05) is 20.8 Å². The van der Waals surface area contributed by atoms with E-state index in [9.17, 15) is 14.4 Å². The molecule has 1 aliphatic rings. The molecule has 1 saturated heterocycles. The van der Waals surface area contributed by atoms with Crippen LogP contribution in [0.3, 0.4) is 0 Å². The maximum absolute atomic E-state index is 11.1. The number of ether oxygens (including phenoxy) is 4. The molecule has 0 N–H and O–H groups in total. The van der Waals surface area contributed by atoms with Crippen LogP contribution < -0.4 is 0 Å². The van der Waals surface area contributed by atoms with E-state index >= 15 is 0 Å². The Bertz CT molecular complexity index is 385. The first-order chi connectivity index (χ1) is 9.35. The molecule has 1 unspecified atom stereocenters. The van der Waals surface area contributed by atoms with Gasteiger partial charge in [-0.2, -0.15) is 0 Å². The molecule has 0 saturated carbocycles. The van der Waals surface area contributed by atoms with Gasteiger partial charge in [-0.1, -0.05) is 0 Å². The molecule has 0 aromatic rings. The van der Waals surface area contributed by atoms with Crippen molar-refractivity contribution in [2.24, 2.45) is 0 Å². The second-order valence-corrected chi connectivity index (χ2v) is 4.26. The van der Waals surface area contributed by atoms with Crippen molar-refractivity contribution in [1.82, 2.24) is 0 Å². The highest BCUT2D eigenvalue weighted by Gasteiger charge is 2.50. The third kappa shape index (κ3) is 4.62. The van der Waals surface area contributed by atoms with E-state index in [1.165, 1.54) is 20.8 Å². The van der Waals surface area contributed by atoms with Gasteiger partial charge in [-0.25, -0.2) is 4.29 Å². The highest BCUT2D eigenvalue weighted by Crippen LogP contribution is 2.29. The number of carbonyl (C=O) groups excluding carboxylic acids is 3. The minimum atomic E-state index is -1.13. The van der Waals surface area contributed by atoms with Crippen LogP contribution in [0.1, 0.15) is 20.8 Å². The van der Waals surface area contributed by atoms with Crippen molar-refractivity contribution in [3.63, 3.8) is 0 Å². The minimum absolute atomic E-state index is 0.193. The van der Waals surface area contributed by atoms with Crippen molar-refractivity contribution >= 4 is 29.8 Å². The fourth-order valence-electron chi connectivity index (χ4n) is 1.75. The Balaban J connectivity index is 2.84. The maximum Gasteiger partial charge on any atom is 0.303 e. The fourth-order valence-corrected chi connectivity index (χ4v) is 1.89. The van der Waals surface area contributed by atoms with Crippen molar-refractivity contribution < 1.29 is 37.6 Å². The van der Waals surface area contributed by atoms with Gasteiger partial charge in [0.25, 0.3) is 0 Å². The van der Waals surface area contributed by atoms with Gasteiger partial charge >= 0.3 is 17.9 Å². The summed E-state index contributed by atoms with van der Waals surface area (Å²) in [6.07, 6.45) is -4.02. The summed E-state index contributed by atoms with van der Waals surface area (Å²) >= 11 is 5.25. The first-order valence-electron chi connectivity index (χ1n) is 5.75. The fraction of sp³-hybridized carbons (Fsp3) is 0.727. The normalized spacial score (nSPS) is 28.8. The van der Waals surface area contributed by atoms with E-state index in [4.69, 9.17) is 30.8 Å². The Hall–Kier alpha value is -1.38. The molecule has 0 bridgehead atoms. The van der Waals surface area contributed by atoms with Crippen LogP contribution in [-0.2, 0) is 37.6 Å². The van der Waals surface area contributed by atoms with E-state index in [0.717, 1.165) is 0 Å². The lowest BCUT2D eigenvalue weighted by atomic mass is 10.1. The molecule has 4 atom stereocenters. The van der Waals surface area contributed by atoms with Gasteiger partial charge in [0.1, 0.15) is 12.7 Å². The van der Waals surface area contributed by atoms with Crippen LogP contribution in [0.5, 0.6) is 0 Å². The van der Waals surface area contributed by atoms with Gasteiger partial charge in [0.05, 0.1) is 11.9 Å². The molecule has 0 spiro atoms. The lowest BCUT2D eigenvalue weighted by Crippen LogP contribution is -2.41. The van der Waals surface area contributed by atoms with Crippen molar-refractivity contribution in [2.45, 2.75) is 45.4 Å². The molecule has 114 valence electrons. The highest BCUT2D eigenvalue weighted by molar-refractivity contribution is 6.07. The van der Waals surface area contributed by atoms with Crippen LogP contribution in [0.2, 0.25) is 0 Å². The van der Waals surface area contributed by atoms with Gasteiger partial charge in [0.15, 0.2) is 12.2 Å². The topological polar surface area (TPSA) is 97.4 Å². The zero-order valence-electron chi connectivity index (χ0n) is 11.2. The molecular formula is C11H15ClO8. The monoisotopic (exact) mass is 310 g/mol. The largest absolute Gasteiger partial charge is 0.463 e. The van der Waals surface area contributed by atoms with Gasteiger partial charge in [-0.05, 0) is 0 Å². The van der Waals surface area contributed by atoms with Crippen LogP contribution >= 0.6 is 11.9 Å². The first kappa shape index (κ1) is 16.7. The predicted octanol–water partition coefficient (Wildman–Crippen LogP) is 0.308. The SMILES string of the molecule is CC(=O)OC[C@H]1OC(OCl)[C@H](OC(C)=O)[C@@H]1OC(C)=O. The number of rotatable bonds is 5. The van der Waals surface area contributed by atoms with Crippen molar-refractivity contribution in [1.29, 1.82) is 0 Å². The van der Waals surface area contributed by atoms with E-state index in [1.54, 1.807) is 0 Å². The number of esters is 3. The van der Waals surface area contributed by atoms with E-state index in [0.29, 0.717) is 0 Å². The van der Waals surface area contributed by atoms with Gasteiger partial charge in [-0.3, -0.25) is 14.4 Å². The first-order valence-corrected chi connectivity index (χ1v) is 6.06. The van der Waals surface area contributed by atoms with Gasteiger partial charge in [-0.15, -0.1) is 0 Å².